The molecule has 1 amide bonds. The molecule has 1 heterocycles. The van der Waals surface area contributed by atoms with Gasteiger partial charge in [-0.15, -0.1) is 0 Å². The predicted molar refractivity (Wildman–Crippen MR) is 114 cm³/mol. The molecule has 3 rings (SSSR count). The van der Waals surface area contributed by atoms with Crippen LogP contribution >= 0.6 is 0 Å². The molecule has 0 aromatic heterocycles. The van der Waals surface area contributed by atoms with Gasteiger partial charge < -0.3 is 10.2 Å². The third kappa shape index (κ3) is 5.54. The highest BCUT2D eigenvalue weighted by molar-refractivity contribution is 5.78. The van der Waals surface area contributed by atoms with E-state index in [4.69, 9.17) is 0 Å². The number of nitro groups is 1. The molecule has 1 unspecified atom stereocenters. The van der Waals surface area contributed by atoms with Crippen molar-refractivity contribution in [2.75, 3.05) is 44.2 Å². The zero-order valence-corrected chi connectivity index (χ0v) is 16.8. The Morgan fingerprint density at radius 3 is 2.38 bits per heavy atom. The lowest BCUT2D eigenvalue weighted by Gasteiger charge is -2.35. The van der Waals surface area contributed by atoms with Gasteiger partial charge in [0.25, 0.3) is 5.69 Å². The summed E-state index contributed by atoms with van der Waals surface area (Å²) in [6, 6.07) is 17.1. The first-order valence-corrected chi connectivity index (χ1v) is 10.1. The quantitative estimate of drug-likeness (QED) is 0.548. The van der Waals surface area contributed by atoms with E-state index in [0.29, 0.717) is 50.9 Å². The van der Waals surface area contributed by atoms with E-state index in [1.165, 1.54) is 11.6 Å². The van der Waals surface area contributed by atoms with Gasteiger partial charge in [0.1, 0.15) is 5.69 Å². The van der Waals surface area contributed by atoms with E-state index in [1.54, 1.807) is 12.1 Å². The van der Waals surface area contributed by atoms with Crippen molar-refractivity contribution < 1.29 is 9.72 Å². The molecule has 1 saturated heterocycles. The number of hydrogen-bond donors (Lipinski definition) is 1. The molecule has 2 aromatic carbocycles. The maximum atomic E-state index is 12.4. The number of para-hydroxylation sites is 2. The zero-order chi connectivity index (χ0) is 20.6. The number of carbonyl (C=O) groups is 1. The summed E-state index contributed by atoms with van der Waals surface area (Å²) in [4.78, 5) is 27.4. The Morgan fingerprint density at radius 2 is 1.72 bits per heavy atom. The molecule has 1 aliphatic heterocycles. The average Bonchev–Trinajstić information content (AvgIpc) is 2.75. The summed E-state index contributed by atoms with van der Waals surface area (Å²) in [6.07, 6.45) is 0.971. The summed E-state index contributed by atoms with van der Waals surface area (Å²) in [5.74, 6) is 0.342. The summed E-state index contributed by atoms with van der Waals surface area (Å²) >= 11 is 0. The molecular formula is C22H28N4O3. The number of benzene rings is 2. The second-order valence-corrected chi connectivity index (χ2v) is 7.33. The monoisotopic (exact) mass is 396 g/mol. The molecule has 0 radical (unpaired) electrons. The van der Waals surface area contributed by atoms with E-state index in [9.17, 15) is 14.9 Å². The van der Waals surface area contributed by atoms with Gasteiger partial charge >= 0.3 is 0 Å². The first-order chi connectivity index (χ1) is 14.1. The fourth-order valence-electron chi connectivity index (χ4n) is 3.75. The number of amides is 1. The van der Waals surface area contributed by atoms with Crippen LogP contribution in [0, 0.1) is 10.1 Å². The highest BCUT2D eigenvalue weighted by Gasteiger charge is 2.24. The van der Waals surface area contributed by atoms with Crippen molar-refractivity contribution in [3.05, 3.63) is 70.3 Å². The van der Waals surface area contributed by atoms with E-state index < -0.39 is 0 Å². The van der Waals surface area contributed by atoms with Crippen molar-refractivity contribution >= 4 is 17.3 Å². The predicted octanol–water partition coefficient (Wildman–Crippen LogP) is 3.03. The Hall–Kier alpha value is -2.93. The number of carbonyl (C=O) groups excluding carboxylic acids is 1. The third-order valence-corrected chi connectivity index (χ3v) is 5.47. The van der Waals surface area contributed by atoms with Crippen molar-refractivity contribution in [1.29, 1.82) is 0 Å². The molecule has 1 aliphatic rings. The molecule has 29 heavy (non-hydrogen) atoms. The van der Waals surface area contributed by atoms with E-state index >= 15 is 0 Å². The van der Waals surface area contributed by atoms with Crippen molar-refractivity contribution in [3.8, 4) is 0 Å². The summed E-state index contributed by atoms with van der Waals surface area (Å²) in [5, 5.41) is 14.3. The number of piperazine rings is 1. The highest BCUT2D eigenvalue weighted by atomic mass is 16.6. The smallest absolute Gasteiger partial charge is 0.292 e. The van der Waals surface area contributed by atoms with E-state index in [-0.39, 0.29) is 16.5 Å². The summed E-state index contributed by atoms with van der Waals surface area (Å²) in [7, 11) is 0. The summed E-state index contributed by atoms with van der Waals surface area (Å²) in [5.41, 5.74) is 2.02. The van der Waals surface area contributed by atoms with Crippen LogP contribution in [0.1, 0.15) is 24.8 Å². The number of nitrogens with one attached hydrogen (secondary N) is 1. The van der Waals surface area contributed by atoms with Crippen LogP contribution in [0.2, 0.25) is 0 Å². The molecule has 0 spiro atoms. The van der Waals surface area contributed by atoms with Crippen molar-refractivity contribution in [3.63, 3.8) is 0 Å². The maximum absolute atomic E-state index is 12.4. The molecule has 1 N–H and O–H groups in total. The van der Waals surface area contributed by atoms with E-state index in [2.05, 4.69) is 29.3 Å². The number of rotatable bonds is 8. The van der Waals surface area contributed by atoms with Gasteiger partial charge in [0.15, 0.2) is 0 Å². The lowest BCUT2D eigenvalue weighted by molar-refractivity contribution is -0.384. The van der Waals surface area contributed by atoms with Crippen LogP contribution < -0.4 is 10.2 Å². The van der Waals surface area contributed by atoms with Crippen LogP contribution in [0.4, 0.5) is 11.4 Å². The topological polar surface area (TPSA) is 78.7 Å². The van der Waals surface area contributed by atoms with Gasteiger partial charge in [-0.2, -0.15) is 0 Å². The molecule has 0 bridgehead atoms. The van der Waals surface area contributed by atoms with Crippen LogP contribution in [-0.2, 0) is 4.79 Å². The van der Waals surface area contributed by atoms with Crippen LogP contribution in [0.3, 0.4) is 0 Å². The van der Waals surface area contributed by atoms with Crippen LogP contribution in [-0.4, -0.2) is 55.0 Å². The second-order valence-electron chi connectivity index (χ2n) is 7.33. The van der Waals surface area contributed by atoms with Gasteiger partial charge in [-0.1, -0.05) is 49.4 Å². The van der Waals surface area contributed by atoms with Gasteiger partial charge in [-0.25, -0.2) is 0 Å². The maximum Gasteiger partial charge on any atom is 0.292 e. The molecule has 154 valence electrons. The standard InChI is InChI=1S/C22H28N4O3/c1-2-18(19-8-4-3-5-9-19)16-23-22(27)17-24-12-14-25(15-13-24)20-10-6-7-11-21(20)26(28)29/h3-11,18H,2,12-17H2,1H3,(H,23,27). The number of hydrogen-bond acceptors (Lipinski definition) is 5. The molecule has 0 saturated carbocycles. The van der Waals surface area contributed by atoms with Gasteiger partial charge in [-0.05, 0) is 18.1 Å². The SMILES string of the molecule is CCC(CNC(=O)CN1CCN(c2ccccc2[N+](=O)[O-])CC1)c1ccccc1. The number of nitro benzene ring substituents is 1. The molecule has 7 heteroatoms. The normalized spacial score (nSPS) is 15.7. The molecule has 1 fully saturated rings. The minimum atomic E-state index is -0.341. The lowest BCUT2D eigenvalue weighted by atomic mass is 9.96. The van der Waals surface area contributed by atoms with Crippen molar-refractivity contribution in [2.24, 2.45) is 0 Å². The Balaban J connectivity index is 1.47. The number of anilines is 1. The Kier molecular flexibility index (Phi) is 7.19. The summed E-state index contributed by atoms with van der Waals surface area (Å²) in [6.45, 7) is 5.86. The largest absolute Gasteiger partial charge is 0.363 e. The van der Waals surface area contributed by atoms with Crippen molar-refractivity contribution in [1.82, 2.24) is 10.2 Å². The highest BCUT2D eigenvalue weighted by Crippen LogP contribution is 2.28. The summed E-state index contributed by atoms with van der Waals surface area (Å²) < 4.78 is 0. The minimum absolute atomic E-state index is 0.0264. The minimum Gasteiger partial charge on any atom is -0.363 e. The second kappa shape index (κ2) is 10.0. The van der Waals surface area contributed by atoms with Gasteiger partial charge in [0, 0.05) is 44.7 Å². The van der Waals surface area contributed by atoms with Crippen LogP contribution in [0.5, 0.6) is 0 Å². The molecule has 2 aromatic rings. The zero-order valence-electron chi connectivity index (χ0n) is 16.8. The fraction of sp³-hybridized carbons (Fsp3) is 0.409. The first-order valence-electron chi connectivity index (χ1n) is 10.1. The van der Waals surface area contributed by atoms with Crippen molar-refractivity contribution in [2.45, 2.75) is 19.3 Å². The Morgan fingerprint density at radius 1 is 1.07 bits per heavy atom. The van der Waals surface area contributed by atoms with E-state index in [1.807, 2.05) is 29.2 Å². The molecular weight excluding hydrogens is 368 g/mol. The molecule has 1 atom stereocenters. The van der Waals surface area contributed by atoms with Gasteiger partial charge in [0.2, 0.25) is 5.91 Å². The van der Waals surface area contributed by atoms with Crippen LogP contribution in [0.25, 0.3) is 0 Å². The molecule has 7 nitrogen and oxygen atoms in total. The third-order valence-electron chi connectivity index (χ3n) is 5.47. The van der Waals surface area contributed by atoms with E-state index in [0.717, 1.165) is 6.42 Å². The lowest BCUT2D eigenvalue weighted by Crippen LogP contribution is -2.49. The Bertz CT molecular complexity index is 820. The van der Waals surface area contributed by atoms with Crippen LogP contribution in [0.15, 0.2) is 54.6 Å². The molecule has 0 aliphatic carbocycles. The Labute approximate surface area is 171 Å². The first kappa shape index (κ1) is 20.8. The van der Waals surface area contributed by atoms with Gasteiger partial charge in [-0.3, -0.25) is 19.8 Å². The average molecular weight is 396 g/mol. The van der Waals surface area contributed by atoms with Gasteiger partial charge in [0.05, 0.1) is 11.5 Å². The number of nitrogens with zero attached hydrogens (tertiary/aromatic N) is 3. The fourth-order valence-corrected chi connectivity index (χ4v) is 3.75.